The summed E-state index contributed by atoms with van der Waals surface area (Å²) in [5, 5.41) is 3.13. The van der Waals surface area contributed by atoms with Crippen molar-refractivity contribution in [1.82, 2.24) is 5.32 Å². The Morgan fingerprint density at radius 1 is 1.33 bits per heavy atom. The second-order valence-electron chi connectivity index (χ2n) is 3.43. The number of halogens is 1. The van der Waals surface area contributed by atoms with E-state index in [0.717, 1.165) is 47.7 Å². The predicted octanol–water partition coefficient (Wildman–Crippen LogP) is 2.33. The Balaban J connectivity index is 2.42. The Bertz CT molecular complexity index is 355. The molecule has 1 aliphatic rings. The molecule has 0 saturated carbocycles. The zero-order valence-electron chi connectivity index (χ0n) is 8.68. The van der Waals surface area contributed by atoms with Gasteiger partial charge in [-0.15, -0.1) is 0 Å². The summed E-state index contributed by atoms with van der Waals surface area (Å²) in [4.78, 5) is 0. The number of hydrogen-bond acceptors (Lipinski definition) is 3. The highest BCUT2D eigenvalue weighted by Crippen LogP contribution is 2.37. The van der Waals surface area contributed by atoms with Crippen molar-refractivity contribution in [2.45, 2.75) is 13.0 Å². The molecule has 0 atom stereocenters. The van der Waals surface area contributed by atoms with Gasteiger partial charge in [-0.05, 0) is 19.2 Å². The average Bonchev–Trinajstić information content (AvgIpc) is 2.47. The molecule has 82 valence electrons. The van der Waals surface area contributed by atoms with Crippen LogP contribution in [0.15, 0.2) is 16.6 Å². The van der Waals surface area contributed by atoms with Gasteiger partial charge in [0.15, 0.2) is 11.5 Å². The molecule has 1 aromatic rings. The fourth-order valence-electron chi connectivity index (χ4n) is 1.61. The number of rotatable bonds is 2. The summed E-state index contributed by atoms with van der Waals surface area (Å²) >= 11 is 3.53. The third kappa shape index (κ3) is 2.26. The van der Waals surface area contributed by atoms with Crippen molar-refractivity contribution in [2.75, 3.05) is 20.3 Å². The van der Waals surface area contributed by atoms with Gasteiger partial charge < -0.3 is 14.8 Å². The summed E-state index contributed by atoms with van der Waals surface area (Å²) in [7, 11) is 1.92. The maximum atomic E-state index is 5.72. The van der Waals surface area contributed by atoms with Gasteiger partial charge in [-0.1, -0.05) is 15.9 Å². The highest BCUT2D eigenvalue weighted by atomic mass is 79.9. The minimum absolute atomic E-state index is 0.722. The van der Waals surface area contributed by atoms with Crippen molar-refractivity contribution < 1.29 is 9.47 Å². The Morgan fingerprint density at radius 3 is 2.93 bits per heavy atom. The van der Waals surface area contributed by atoms with Gasteiger partial charge in [0.25, 0.3) is 0 Å². The van der Waals surface area contributed by atoms with E-state index >= 15 is 0 Å². The van der Waals surface area contributed by atoms with Crippen LogP contribution in [0.5, 0.6) is 11.5 Å². The number of ether oxygens (including phenoxy) is 2. The van der Waals surface area contributed by atoms with Crippen molar-refractivity contribution in [2.24, 2.45) is 0 Å². The molecule has 2 rings (SSSR count). The lowest BCUT2D eigenvalue weighted by Gasteiger charge is -2.13. The Hall–Kier alpha value is -0.740. The molecule has 4 heteroatoms. The smallest absolute Gasteiger partial charge is 0.166 e. The van der Waals surface area contributed by atoms with E-state index in [2.05, 4.69) is 21.2 Å². The number of nitrogens with one attached hydrogen (secondary N) is 1. The summed E-state index contributed by atoms with van der Waals surface area (Å²) in [6.45, 7) is 2.22. The van der Waals surface area contributed by atoms with Crippen molar-refractivity contribution in [3.8, 4) is 11.5 Å². The van der Waals surface area contributed by atoms with Crippen LogP contribution in [0.1, 0.15) is 12.0 Å². The normalized spacial score (nSPS) is 14.8. The predicted molar refractivity (Wildman–Crippen MR) is 62.5 cm³/mol. The minimum atomic E-state index is 0.722. The molecule has 0 radical (unpaired) electrons. The first-order valence-corrected chi connectivity index (χ1v) is 5.84. The van der Waals surface area contributed by atoms with Gasteiger partial charge in [-0.2, -0.15) is 0 Å². The molecule has 1 N–H and O–H groups in total. The standard InChI is InChI=1S/C11H14BrNO2/c1-13-7-8-9(12)3-4-10-11(8)15-6-2-5-14-10/h3-4,13H,2,5-7H2,1H3. The lowest BCUT2D eigenvalue weighted by atomic mass is 10.2. The summed E-state index contributed by atoms with van der Waals surface area (Å²) in [5.74, 6) is 1.72. The molecule has 1 heterocycles. The SMILES string of the molecule is CNCc1c(Br)ccc2c1OCCCO2. The Kier molecular flexibility index (Phi) is 3.49. The van der Waals surface area contributed by atoms with Crippen molar-refractivity contribution >= 4 is 15.9 Å². The quantitative estimate of drug-likeness (QED) is 0.896. The topological polar surface area (TPSA) is 30.5 Å². The van der Waals surface area contributed by atoms with Crippen LogP contribution < -0.4 is 14.8 Å². The molecule has 0 aliphatic carbocycles. The van der Waals surface area contributed by atoms with Crippen LogP contribution >= 0.6 is 15.9 Å². The van der Waals surface area contributed by atoms with Crippen molar-refractivity contribution in [3.05, 3.63) is 22.2 Å². The average molecular weight is 272 g/mol. The number of hydrogen-bond donors (Lipinski definition) is 1. The van der Waals surface area contributed by atoms with E-state index in [9.17, 15) is 0 Å². The van der Waals surface area contributed by atoms with Crippen LogP contribution in [-0.4, -0.2) is 20.3 Å². The van der Waals surface area contributed by atoms with Gasteiger partial charge in [0.1, 0.15) is 0 Å². The van der Waals surface area contributed by atoms with E-state index in [4.69, 9.17) is 9.47 Å². The highest BCUT2D eigenvalue weighted by molar-refractivity contribution is 9.10. The zero-order chi connectivity index (χ0) is 10.7. The summed E-state index contributed by atoms with van der Waals surface area (Å²) in [6, 6.07) is 3.95. The Morgan fingerprint density at radius 2 is 2.13 bits per heavy atom. The molecule has 0 unspecified atom stereocenters. The zero-order valence-corrected chi connectivity index (χ0v) is 10.3. The van der Waals surface area contributed by atoms with E-state index in [1.165, 1.54) is 0 Å². The van der Waals surface area contributed by atoms with Crippen molar-refractivity contribution in [1.29, 1.82) is 0 Å². The van der Waals surface area contributed by atoms with Crippen LogP contribution in [0.2, 0.25) is 0 Å². The third-order valence-corrected chi connectivity index (χ3v) is 3.06. The molecule has 0 amide bonds. The van der Waals surface area contributed by atoms with E-state index in [0.29, 0.717) is 0 Å². The molecule has 15 heavy (non-hydrogen) atoms. The number of benzene rings is 1. The monoisotopic (exact) mass is 271 g/mol. The summed E-state index contributed by atoms with van der Waals surface area (Å²) < 4.78 is 12.4. The van der Waals surface area contributed by atoms with Crippen LogP contribution in [-0.2, 0) is 6.54 Å². The van der Waals surface area contributed by atoms with Crippen LogP contribution in [0.3, 0.4) is 0 Å². The second kappa shape index (κ2) is 4.86. The maximum Gasteiger partial charge on any atom is 0.166 e. The van der Waals surface area contributed by atoms with Gasteiger partial charge >= 0.3 is 0 Å². The maximum absolute atomic E-state index is 5.72. The minimum Gasteiger partial charge on any atom is -0.490 e. The molecule has 0 aromatic heterocycles. The first kappa shape index (κ1) is 10.8. The largest absolute Gasteiger partial charge is 0.490 e. The molecule has 1 aromatic carbocycles. The molecule has 0 fully saturated rings. The fourth-order valence-corrected chi connectivity index (χ4v) is 2.06. The molecule has 0 saturated heterocycles. The van der Waals surface area contributed by atoms with Crippen LogP contribution in [0, 0.1) is 0 Å². The Labute approximate surface area is 97.9 Å². The van der Waals surface area contributed by atoms with E-state index in [1.807, 2.05) is 19.2 Å². The van der Waals surface area contributed by atoms with E-state index in [-0.39, 0.29) is 0 Å². The lowest BCUT2D eigenvalue weighted by molar-refractivity contribution is 0.296. The highest BCUT2D eigenvalue weighted by Gasteiger charge is 2.16. The van der Waals surface area contributed by atoms with Crippen LogP contribution in [0.25, 0.3) is 0 Å². The van der Waals surface area contributed by atoms with Crippen molar-refractivity contribution in [3.63, 3.8) is 0 Å². The van der Waals surface area contributed by atoms with Gasteiger partial charge in [-0.25, -0.2) is 0 Å². The number of fused-ring (bicyclic) bond motifs is 1. The lowest BCUT2D eigenvalue weighted by Crippen LogP contribution is -2.08. The third-order valence-electron chi connectivity index (χ3n) is 2.31. The fraction of sp³-hybridized carbons (Fsp3) is 0.455. The summed E-state index contributed by atoms with van der Waals surface area (Å²) in [5.41, 5.74) is 1.12. The first-order valence-electron chi connectivity index (χ1n) is 5.04. The first-order chi connectivity index (χ1) is 7.33. The summed E-state index contributed by atoms with van der Waals surface area (Å²) in [6.07, 6.45) is 0.936. The second-order valence-corrected chi connectivity index (χ2v) is 4.29. The van der Waals surface area contributed by atoms with E-state index in [1.54, 1.807) is 0 Å². The molecular formula is C11H14BrNO2. The molecule has 3 nitrogen and oxygen atoms in total. The van der Waals surface area contributed by atoms with Gasteiger partial charge in [0, 0.05) is 23.0 Å². The van der Waals surface area contributed by atoms with Gasteiger partial charge in [-0.3, -0.25) is 0 Å². The molecule has 0 spiro atoms. The van der Waals surface area contributed by atoms with Gasteiger partial charge in [0.05, 0.1) is 13.2 Å². The van der Waals surface area contributed by atoms with E-state index < -0.39 is 0 Å². The van der Waals surface area contributed by atoms with Crippen LogP contribution in [0.4, 0.5) is 0 Å². The molecule has 1 aliphatic heterocycles. The molecular weight excluding hydrogens is 258 g/mol. The molecule has 0 bridgehead atoms. The van der Waals surface area contributed by atoms with Gasteiger partial charge in [0.2, 0.25) is 0 Å².